The molecule has 0 aromatic heterocycles. The number of benzene rings is 1. The third-order valence-corrected chi connectivity index (χ3v) is 2.49. The first kappa shape index (κ1) is 11.1. The molecular weight excluding hydrogens is 233 g/mol. The van der Waals surface area contributed by atoms with Gasteiger partial charge in [0.1, 0.15) is 6.67 Å². The summed E-state index contributed by atoms with van der Waals surface area (Å²) in [5.74, 6) is 0. The number of rotatable bonds is 3. The highest BCUT2D eigenvalue weighted by Crippen LogP contribution is 2.23. The Bertz CT molecular complexity index is 288. The molecule has 1 rings (SSSR count). The van der Waals surface area contributed by atoms with Gasteiger partial charge >= 0.3 is 0 Å². The monoisotopic (exact) mass is 240 g/mol. The molecule has 0 bridgehead atoms. The molecule has 0 saturated heterocycles. The van der Waals surface area contributed by atoms with E-state index in [1.54, 1.807) is 18.2 Å². The molecular formula is C9H8Cl3F. The van der Waals surface area contributed by atoms with Crippen LogP contribution in [0.3, 0.4) is 0 Å². The van der Waals surface area contributed by atoms with Gasteiger partial charge in [-0.2, -0.15) is 0 Å². The zero-order valence-electron chi connectivity index (χ0n) is 6.74. The van der Waals surface area contributed by atoms with Gasteiger partial charge in [0.2, 0.25) is 0 Å². The molecule has 0 spiro atoms. The second-order valence-corrected chi connectivity index (χ2v) is 4.15. The van der Waals surface area contributed by atoms with E-state index in [0.717, 1.165) is 5.56 Å². The summed E-state index contributed by atoms with van der Waals surface area (Å²) in [5.41, 5.74) is 0.784. The fourth-order valence-electron chi connectivity index (χ4n) is 0.993. The van der Waals surface area contributed by atoms with Crippen molar-refractivity contribution in [3.05, 3.63) is 33.8 Å². The first-order chi connectivity index (χ1) is 6.13. The van der Waals surface area contributed by atoms with E-state index in [-0.39, 0.29) is 0 Å². The summed E-state index contributed by atoms with van der Waals surface area (Å²) in [6.07, 6.45) is 0.400. The first-order valence-electron chi connectivity index (χ1n) is 3.77. The van der Waals surface area contributed by atoms with Gasteiger partial charge in [-0.05, 0) is 30.2 Å². The first-order valence-corrected chi connectivity index (χ1v) is 4.96. The van der Waals surface area contributed by atoms with Crippen LogP contribution in [-0.4, -0.2) is 12.1 Å². The van der Waals surface area contributed by atoms with Gasteiger partial charge in [-0.15, -0.1) is 11.6 Å². The van der Waals surface area contributed by atoms with Crippen LogP contribution in [0.2, 0.25) is 10.0 Å². The molecule has 0 aliphatic heterocycles. The maximum atomic E-state index is 12.1. The van der Waals surface area contributed by atoms with Gasteiger partial charge in [0.25, 0.3) is 0 Å². The topological polar surface area (TPSA) is 0 Å². The third-order valence-electron chi connectivity index (χ3n) is 1.62. The Balaban J connectivity index is 2.81. The highest BCUT2D eigenvalue weighted by molar-refractivity contribution is 6.33. The second kappa shape index (κ2) is 5.04. The summed E-state index contributed by atoms with van der Waals surface area (Å²) in [6.45, 7) is -0.565. The molecule has 0 amide bonds. The standard InChI is InChI=1S/C9H8Cl3F/c10-7-1-2-9(12)6(3-7)4-8(11)5-13/h1-3,8H,4-5H2. The SMILES string of the molecule is FCC(Cl)Cc1cc(Cl)ccc1Cl. The molecule has 0 aliphatic carbocycles. The molecule has 0 heterocycles. The quantitative estimate of drug-likeness (QED) is 0.699. The van der Waals surface area contributed by atoms with Gasteiger partial charge in [0.05, 0.1) is 5.38 Å². The van der Waals surface area contributed by atoms with Crippen molar-refractivity contribution in [2.45, 2.75) is 11.8 Å². The van der Waals surface area contributed by atoms with Crippen molar-refractivity contribution >= 4 is 34.8 Å². The van der Waals surface area contributed by atoms with Crippen LogP contribution in [0.1, 0.15) is 5.56 Å². The number of hydrogen-bond acceptors (Lipinski definition) is 0. The van der Waals surface area contributed by atoms with Crippen molar-refractivity contribution in [2.75, 3.05) is 6.67 Å². The van der Waals surface area contributed by atoms with Crippen LogP contribution in [0.4, 0.5) is 4.39 Å². The van der Waals surface area contributed by atoms with Gasteiger partial charge < -0.3 is 0 Å². The smallest absolute Gasteiger partial charge is 0.106 e. The minimum absolute atomic E-state index is 0.400. The van der Waals surface area contributed by atoms with Crippen LogP contribution in [0.5, 0.6) is 0 Å². The zero-order valence-corrected chi connectivity index (χ0v) is 9.00. The van der Waals surface area contributed by atoms with E-state index in [1.165, 1.54) is 0 Å². The highest BCUT2D eigenvalue weighted by atomic mass is 35.5. The summed E-state index contributed by atoms with van der Waals surface area (Å²) in [6, 6.07) is 5.07. The van der Waals surface area contributed by atoms with Crippen LogP contribution in [0.25, 0.3) is 0 Å². The molecule has 1 aromatic rings. The van der Waals surface area contributed by atoms with E-state index >= 15 is 0 Å². The molecule has 72 valence electrons. The predicted molar refractivity (Wildman–Crippen MR) is 55.8 cm³/mol. The Kier molecular flexibility index (Phi) is 4.30. The Morgan fingerprint density at radius 1 is 1.31 bits per heavy atom. The molecule has 1 atom stereocenters. The van der Waals surface area contributed by atoms with E-state index in [4.69, 9.17) is 34.8 Å². The van der Waals surface area contributed by atoms with Crippen molar-refractivity contribution in [1.29, 1.82) is 0 Å². The fraction of sp³-hybridized carbons (Fsp3) is 0.333. The molecule has 4 heteroatoms. The van der Waals surface area contributed by atoms with Crippen LogP contribution in [-0.2, 0) is 6.42 Å². The molecule has 13 heavy (non-hydrogen) atoms. The number of halogens is 4. The van der Waals surface area contributed by atoms with Gasteiger partial charge in [0.15, 0.2) is 0 Å². The van der Waals surface area contributed by atoms with Gasteiger partial charge in [-0.25, -0.2) is 4.39 Å². The van der Waals surface area contributed by atoms with Crippen molar-refractivity contribution in [2.24, 2.45) is 0 Å². The van der Waals surface area contributed by atoms with E-state index in [9.17, 15) is 4.39 Å². The Labute approximate surface area is 91.6 Å². The summed E-state index contributed by atoms with van der Waals surface area (Å²) < 4.78 is 12.1. The van der Waals surface area contributed by atoms with Crippen molar-refractivity contribution in [1.82, 2.24) is 0 Å². The molecule has 0 fully saturated rings. The lowest BCUT2D eigenvalue weighted by molar-refractivity contribution is 0.478. The number of alkyl halides is 2. The van der Waals surface area contributed by atoms with Gasteiger partial charge in [-0.1, -0.05) is 23.2 Å². The molecule has 0 saturated carbocycles. The summed E-state index contributed by atoms with van der Waals surface area (Å²) in [4.78, 5) is 0. The van der Waals surface area contributed by atoms with Crippen molar-refractivity contribution in [3.63, 3.8) is 0 Å². The maximum absolute atomic E-state index is 12.1. The Hall–Kier alpha value is 0.0200. The zero-order chi connectivity index (χ0) is 9.84. The molecule has 1 aromatic carbocycles. The number of hydrogen-bond donors (Lipinski definition) is 0. The largest absolute Gasteiger partial charge is 0.249 e. The van der Waals surface area contributed by atoms with E-state index in [0.29, 0.717) is 16.5 Å². The summed E-state index contributed by atoms with van der Waals surface area (Å²) >= 11 is 17.3. The second-order valence-electron chi connectivity index (χ2n) is 2.69. The Morgan fingerprint density at radius 2 is 2.00 bits per heavy atom. The lowest BCUT2D eigenvalue weighted by Gasteiger charge is -2.07. The minimum atomic E-state index is -0.565. The summed E-state index contributed by atoms with van der Waals surface area (Å²) in [7, 11) is 0. The molecule has 0 N–H and O–H groups in total. The van der Waals surface area contributed by atoms with Crippen LogP contribution in [0.15, 0.2) is 18.2 Å². The van der Waals surface area contributed by atoms with E-state index in [1.807, 2.05) is 0 Å². The molecule has 0 nitrogen and oxygen atoms in total. The van der Waals surface area contributed by atoms with Crippen LogP contribution < -0.4 is 0 Å². The van der Waals surface area contributed by atoms with E-state index < -0.39 is 12.1 Å². The lowest BCUT2D eigenvalue weighted by atomic mass is 10.1. The van der Waals surface area contributed by atoms with Crippen molar-refractivity contribution < 1.29 is 4.39 Å². The normalized spacial score (nSPS) is 12.9. The highest BCUT2D eigenvalue weighted by Gasteiger charge is 2.08. The molecule has 0 aliphatic rings. The predicted octanol–water partition coefficient (Wildman–Crippen LogP) is 4.11. The van der Waals surface area contributed by atoms with Crippen molar-refractivity contribution in [3.8, 4) is 0 Å². The van der Waals surface area contributed by atoms with Crippen LogP contribution in [0, 0.1) is 0 Å². The summed E-state index contributed by atoms with van der Waals surface area (Å²) in [5, 5.41) is 0.626. The molecule has 0 radical (unpaired) electrons. The lowest BCUT2D eigenvalue weighted by Crippen LogP contribution is -2.05. The van der Waals surface area contributed by atoms with Gasteiger partial charge in [0, 0.05) is 10.0 Å². The average Bonchev–Trinajstić information content (AvgIpc) is 2.11. The van der Waals surface area contributed by atoms with E-state index in [2.05, 4.69) is 0 Å². The minimum Gasteiger partial charge on any atom is -0.249 e. The van der Waals surface area contributed by atoms with Crippen LogP contribution >= 0.6 is 34.8 Å². The third kappa shape index (κ3) is 3.34. The fourth-order valence-corrected chi connectivity index (χ4v) is 1.55. The Morgan fingerprint density at radius 3 is 2.62 bits per heavy atom. The average molecular weight is 242 g/mol. The maximum Gasteiger partial charge on any atom is 0.106 e. The van der Waals surface area contributed by atoms with Gasteiger partial charge in [-0.3, -0.25) is 0 Å². The molecule has 1 unspecified atom stereocenters.